The van der Waals surface area contributed by atoms with Gasteiger partial charge in [0.2, 0.25) is 5.91 Å². The minimum absolute atomic E-state index is 0.257. The molecule has 0 heterocycles. The van der Waals surface area contributed by atoms with Gasteiger partial charge in [0.05, 0.1) is 0 Å². The van der Waals surface area contributed by atoms with E-state index in [-0.39, 0.29) is 5.91 Å². The molecule has 0 saturated heterocycles. The number of hydrogen-bond donors (Lipinski definition) is 1. The first-order valence-corrected chi connectivity index (χ1v) is 6.47. The summed E-state index contributed by atoms with van der Waals surface area (Å²) < 4.78 is 0. The lowest BCUT2D eigenvalue weighted by molar-refractivity contribution is -0.125. The molecule has 0 unspecified atom stereocenters. The van der Waals surface area contributed by atoms with Crippen LogP contribution in [0.3, 0.4) is 0 Å². The number of amides is 1. The average molecular weight is 207 g/mol. The highest BCUT2D eigenvalue weighted by molar-refractivity contribution is 5.75. The minimum atomic E-state index is 0.257. The normalized spacial score (nSPS) is 46.9. The number of carbonyl (C=O) groups is 1. The Morgan fingerprint density at radius 3 is 2.07 bits per heavy atom. The van der Waals surface area contributed by atoms with Crippen molar-refractivity contribution in [3.05, 3.63) is 0 Å². The summed E-state index contributed by atoms with van der Waals surface area (Å²) in [7, 11) is 1.76. The fourth-order valence-electron chi connectivity index (χ4n) is 4.69. The van der Waals surface area contributed by atoms with Crippen LogP contribution in [-0.4, -0.2) is 13.0 Å². The van der Waals surface area contributed by atoms with Gasteiger partial charge in [0.25, 0.3) is 0 Å². The first-order valence-electron chi connectivity index (χ1n) is 6.47. The van der Waals surface area contributed by atoms with Crippen LogP contribution in [-0.2, 0) is 4.79 Å². The fourth-order valence-corrected chi connectivity index (χ4v) is 4.69. The quantitative estimate of drug-likeness (QED) is 0.739. The van der Waals surface area contributed by atoms with E-state index in [0.717, 1.165) is 36.0 Å². The van der Waals surface area contributed by atoms with E-state index < -0.39 is 0 Å². The zero-order valence-electron chi connectivity index (χ0n) is 9.54. The molecule has 0 spiro atoms. The second-order valence-corrected chi connectivity index (χ2v) is 5.97. The Hall–Kier alpha value is -0.530. The maximum atomic E-state index is 11.5. The van der Waals surface area contributed by atoms with E-state index in [1.165, 1.54) is 32.1 Å². The zero-order chi connectivity index (χ0) is 10.4. The number of hydrogen-bond acceptors (Lipinski definition) is 1. The predicted molar refractivity (Wildman–Crippen MR) is 59.2 cm³/mol. The zero-order valence-corrected chi connectivity index (χ0v) is 9.54. The van der Waals surface area contributed by atoms with Crippen LogP contribution in [0.4, 0.5) is 0 Å². The topological polar surface area (TPSA) is 29.1 Å². The van der Waals surface area contributed by atoms with Crippen molar-refractivity contribution in [3.8, 4) is 0 Å². The van der Waals surface area contributed by atoms with Gasteiger partial charge in [0.15, 0.2) is 0 Å². The highest BCUT2D eigenvalue weighted by atomic mass is 16.1. The number of nitrogens with one attached hydrogen (secondary N) is 1. The molecule has 15 heavy (non-hydrogen) atoms. The van der Waals surface area contributed by atoms with Gasteiger partial charge in [0.1, 0.15) is 0 Å². The predicted octanol–water partition coefficient (Wildman–Crippen LogP) is 2.19. The molecule has 84 valence electrons. The lowest BCUT2D eigenvalue weighted by Crippen LogP contribution is -2.46. The third-order valence-corrected chi connectivity index (χ3v) is 5.12. The van der Waals surface area contributed by atoms with Gasteiger partial charge >= 0.3 is 0 Å². The van der Waals surface area contributed by atoms with Crippen molar-refractivity contribution in [3.63, 3.8) is 0 Å². The smallest absolute Gasteiger partial charge is 0.220 e. The summed E-state index contributed by atoms with van der Waals surface area (Å²) in [6, 6.07) is 0. The molecule has 0 radical (unpaired) electrons. The van der Waals surface area contributed by atoms with Crippen LogP contribution in [0.15, 0.2) is 0 Å². The van der Waals surface area contributed by atoms with Gasteiger partial charge in [-0.1, -0.05) is 0 Å². The molecule has 4 fully saturated rings. The van der Waals surface area contributed by atoms with Crippen LogP contribution < -0.4 is 5.32 Å². The summed E-state index contributed by atoms with van der Waals surface area (Å²) in [5, 5.41) is 2.79. The average Bonchev–Trinajstić information content (AvgIpc) is 2.22. The molecule has 0 atom stereocenters. The van der Waals surface area contributed by atoms with Crippen molar-refractivity contribution in [2.75, 3.05) is 7.05 Å². The van der Waals surface area contributed by atoms with Gasteiger partial charge in [-0.2, -0.15) is 0 Å². The minimum Gasteiger partial charge on any atom is -0.359 e. The Labute approximate surface area is 91.8 Å². The molecular weight excluding hydrogens is 186 g/mol. The van der Waals surface area contributed by atoms with Crippen molar-refractivity contribution < 1.29 is 4.79 Å². The van der Waals surface area contributed by atoms with Crippen molar-refractivity contribution in [2.45, 2.75) is 38.5 Å². The van der Waals surface area contributed by atoms with E-state index in [4.69, 9.17) is 0 Å². The van der Waals surface area contributed by atoms with Gasteiger partial charge in [-0.05, 0) is 61.7 Å². The number of rotatable bonds is 2. The third kappa shape index (κ3) is 1.58. The summed E-state index contributed by atoms with van der Waals surface area (Å²) >= 11 is 0. The molecule has 2 nitrogen and oxygen atoms in total. The molecule has 0 aromatic heterocycles. The molecule has 2 heteroatoms. The van der Waals surface area contributed by atoms with E-state index in [9.17, 15) is 4.79 Å². The second kappa shape index (κ2) is 3.50. The molecule has 4 bridgehead atoms. The monoisotopic (exact) mass is 207 g/mol. The van der Waals surface area contributed by atoms with Crippen molar-refractivity contribution >= 4 is 5.91 Å². The van der Waals surface area contributed by atoms with Crippen LogP contribution in [0.25, 0.3) is 0 Å². The number of carbonyl (C=O) groups excluding carboxylic acids is 1. The Kier molecular flexibility index (Phi) is 2.26. The fraction of sp³-hybridized carbons (Fsp3) is 0.923. The molecule has 1 amide bonds. The Morgan fingerprint density at radius 2 is 1.60 bits per heavy atom. The first kappa shape index (κ1) is 9.68. The van der Waals surface area contributed by atoms with Gasteiger partial charge in [0, 0.05) is 13.5 Å². The highest BCUT2D eigenvalue weighted by Crippen LogP contribution is 2.57. The van der Waals surface area contributed by atoms with E-state index in [2.05, 4.69) is 5.32 Å². The molecular formula is C13H21NO. The summed E-state index contributed by atoms with van der Waals surface area (Å²) in [6.07, 6.45) is 8.00. The molecule has 1 N–H and O–H groups in total. The van der Waals surface area contributed by atoms with E-state index in [1.54, 1.807) is 7.05 Å². The highest BCUT2D eigenvalue weighted by Gasteiger charge is 2.48. The maximum Gasteiger partial charge on any atom is 0.220 e. The first-order chi connectivity index (χ1) is 7.26. The Bertz CT molecular complexity index is 246. The molecule has 0 aromatic rings. The molecule has 4 rings (SSSR count). The van der Waals surface area contributed by atoms with Crippen molar-refractivity contribution in [1.29, 1.82) is 0 Å². The van der Waals surface area contributed by atoms with Crippen LogP contribution in [0.2, 0.25) is 0 Å². The van der Waals surface area contributed by atoms with E-state index in [0.29, 0.717) is 0 Å². The third-order valence-electron chi connectivity index (χ3n) is 5.12. The largest absolute Gasteiger partial charge is 0.359 e. The van der Waals surface area contributed by atoms with Crippen LogP contribution in [0, 0.1) is 29.6 Å². The van der Waals surface area contributed by atoms with Crippen LogP contribution >= 0.6 is 0 Å². The molecule has 4 saturated carbocycles. The van der Waals surface area contributed by atoms with E-state index in [1.807, 2.05) is 0 Å². The second-order valence-electron chi connectivity index (χ2n) is 5.97. The summed E-state index contributed by atoms with van der Waals surface area (Å²) in [4.78, 5) is 11.5. The summed E-state index contributed by atoms with van der Waals surface area (Å²) in [6.45, 7) is 0. The molecule has 0 aliphatic heterocycles. The molecule has 4 aliphatic carbocycles. The molecule has 0 aromatic carbocycles. The van der Waals surface area contributed by atoms with Gasteiger partial charge in [-0.15, -0.1) is 0 Å². The lowest BCUT2D eigenvalue weighted by atomic mass is 9.51. The van der Waals surface area contributed by atoms with Gasteiger partial charge < -0.3 is 5.32 Å². The summed E-state index contributed by atoms with van der Waals surface area (Å²) in [5.41, 5.74) is 0. The maximum absolute atomic E-state index is 11.5. The standard InChI is InChI=1S/C13H21NO/c1-14-13(15)7-12-10-3-8-2-9(5-10)6-11(12)4-8/h8-12H,2-7H2,1H3,(H,14,15). The van der Waals surface area contributed by atoms with Gasteiger partial charge in [-0.3, -0.25) is 4.79 Å². The summed E-state index contributed by atoms with van der Waals surface area (Å²) in [5.74, 6) is 4.80. The Morgan fingerprint density at radius 1 is 1.07 bits per heavy atom. The van der Waals surface area contributed by atoms with E-state index >= 15 is 0 Å². The van der Waals surface area contributed by atoms with Gasteiger partial charge in [-0.25, -0.2) is 0 Å². The van der Waals surface area contributed by atoms with Crippen LogP contribution in [0.1, 0.15) is 38.5 Å². The van der Waals surface area contributed by atoms with Crippen molar-refractivity contribution in [1.82, 2.24) is 5.32 Å². The van der Waals surface area contributed by atoms with Crippen LogP contribution in [0.5, 0.6) is 0 Å². The van der Waals surface area contributed by atoms with Crippen molar-refractivity contribution in [2.24, 2.45) is 29.6 Å². The Balaban J connectivity index is 1.72. The lowest BCUT2D eigenvalue weighted by Gasteiger charge is -2.54. The molecule has 4 aliphatic rings. The SMILES string of the molecule is CNC(=O)CC1C2CC3CC(C2)CC1C3.